The van der Waals surface area contributed by atoms with Gasteiger partial charge in [0.1, 0.15) is 5.75 Å². The van der Waals surface area contributed by atoms with Crippen molar-refractivity contribution < 1.29 is 4.74 Å². The van der Waals surface area contributed by atoms with E-state index in [1.807, 2.05) is 13.1 Å². The number of ether oxygens (including phenoxy) is 1. The molecule has 17 heavy (non-hydrogen) atoms. The van der Waals surface area contributed by atoms with Crippen molar-refractivity contribution in [1.29, 1.82) is 0 Å². The van der Waals surface area contributed by atoms with Crippen LogP contribution in [0.4, 0.5) is 0 Å². The predicted octanol–water partition coefficient (Wildman–Crippen LogP) is 1.75. The Bertz CT molecular complexity index is 326. The van der Waals surface area contributed by atoms with Gasteiger partial charge in [0.2, 0.25) is 0 Å². The van der Waals surface area contributed by atoms with Crippen molar-refractivity contribution in [1.82, 2.24) is 10.6 Å². The number of methoxy groups -OCH3 is 1. The molecule has 0 bridgehead atoms. The SMILES string of the molecule is CNCCCNCCc1cc(C)ccc1OC. The second kappa shape index (κ2) is 8.09. The number of benzene rings is 1. The molecule has 96 valence electrons. The molecule has 0 saturated carbocycles. The monoisotopic (exact) mass is 236 g/mol. The van der Waals surface area contributed by atoms with Crippen LogP contribution in [0, 0.1) is 6.92 Å². The number of hydrogen-bond acceptors (Lipinski definition) is 3. The Morgan fingerprint density at radius 2 is 2.00 bits per heavy atom. The molecule has 0 atom stereocenters. The molecule has 0 aliphatic rings. The van der Waals surface area contributed by atoms with E-state index in [0.717, 1.165) is 31.8 Å². The van der Waals surface area contributed by atoms with Crippen molar-refractivity contribution in [3.8, 4) is 5.75 Å². The summed E-state index contributed by atoms with van der Waals surface area (Å²) in [5.74, 6) is 0.993. The zero-order valence-electron chi connectivity index (χ0n) is 11.2. The first kappa shape index (κ1) is 14.0. The molecular weight excluding hydrogens is 212 g/mol. The van der Waals surface area contributed by atoms with Gasteiger partial charge in [0.15, 0.2) is 0 Å². The van der Waals surface area contributed by atoms with Crippen LogP contribution in [-0.4, -0.2) is 33.8 Å². The van der Waals surface area contributed by atoms with Gasteiger partial charge in [-0.25, -0.2) is 0 Å². The van der Waals surface area contributed by atoms with Gasteiger partial charge in [-0.3, -0.25) is 0 Å². The second-order valence-corrected chi connectivity index (χ2v) is 4.27. The summed E-state index contributed by atoms with van der Waals surface area (Å²) < 4.78 is 5.36. The summed E-state index contributed by atoms with van der Waals surface area (Å²) in [5.41, 5.74) is 2.57. The maximum absolute atomic E-state index is 5.36. The summed E-state index contributed by atoms with van der Waals surface area (Å²) in [6.07, 6.45) is 2.19. The Labute approximate surface area is 105 Å². The predicted molar refractivity (Wildman–Crippen MR) is 72.8 cm³/mol. The minimum Gasteiger partial charge on any atom is -0.496 e. The third kappa shape index (κ3) is 5.20. The number of rotatable bonds is 8. The molecule has 1 aromatic rings. The molecule has 1 aromatic carbocycles. The molecule has 0 fully saturated rings. The minimum absolute atomic E-state index is 0.993. The van der Waals surface area contributed by atoms with Gasteiger partial charge in [0, 0.05) is 0 Å². The fourth-order valence-electron chi connectivity index (χ4n) is 1.84. The lowest BCUT2D eigenvalue weighted by Crippen LogP contribution is -2.22. The minimum atomic E-state index is 0.993. The van der Waals surface area contributed by atoms with E-state index in [0.29, 0.717) is 0 Å². The van der Waals surface area contributed by atoms with E-state index in [9.17, 15) is 0 Å². The molecule has 0 radical (unpaired) electrons. The summed E-state index contributed by atoms with van der Waals surface area (Å²) >= 11 is 0. The molecular formula is C14H24N2O. The van der Waals surface area contributed by atoms with Crippen LogP contribution in [-0.2, 0) is 6.42 Å². The Morgan fingerprint density at radius 3 is 2.71 bits per heavy atom. The number of aryl methyl sites for hydroxylation is 1. The van der Waals surface area contributed by atoms with Gasteiger partial charge in [-0.05, 0) is 58.1 Å². The van der Waals surface area contributed by atoms with Gasteiger partial charge in [-0.15, -0.1) is 0 Å². The quantitative estimate of drug-likeness (QED) is 0.675. The van der Waals surface area contributed by atoms with Crippen LogP contribution < -0.4 is 15.4 Å². The highest BCUT2D eigenvalue weighted by Gasteiger charge is 2.02. The van der Waals surface area contributed by atoms with Crippen LogP contribution >= 0.6 is 0 Å². The van der Waals surface area contributed by atoms with Crippen molar-refractivity contribution in [2.45, 2.75) is 19.8 Å². The van der Waals surface area contributed by atoms with Crippen molar-refractivity contribution >= 4 is 0 Å². The molecule has 0 aliphatic carbocycles. The van der Waals surface area contributed by atoms with Crippen molar-refractivity contribution in [2.75, 3.05) is 33.8 Å². The largest absolute Gasteiger partial charge is 0.496 e. The van der Waals surface area contributed by atoms with Crippen LogP contribution in [0.15, 0.2) is 18.2 Å². The Hall–Kier alpha value is -1.06. The topological polar surface area (TPSA) is 33.3 Å². The molecule has 0 unspecified atom stereocenters. The lowest BCUT2D eigenvalue weighted by atomic mass is 10.1. The molecule has 3 nitrogen and oxygen atoms in total. The fraction of sp³-hybridized carbons (Fsp3) is 0.571. The average Bonchev–Trinajstić information content (AvgIpc) is 2.34. The van der Waals surface area contributed by atoms with E-state index in [1.165, 1.54) is 17.5 Å². The highest BCUT2D eigenvalue weighted by Crippen LogP contribution is 2.19. The van der Waals surface area contributed by atoms with Gasteiger partial charge >= 0.3 is 0 Å². The third-order valence-electron chi connectivity index (χ3n) is 2.79. The third-order valence-corrected chi connectivity index (χ3v) is 2.79. The van der Waals surface area contributed by atoms with Gasteiger partial charge in [-0.1, -0.05) is 17.7 Å². The van der Waals surface area contributed by atoms with E-state index in [1.54, 1.807) is 7.11 Å². The first-order chi connectivity index (χ1) is 8.27. The zero-order valence-corrected chi connectivity index (χ0v) is 11.2. The first-order valence-electron chi connectivity index (χ1n) is 6.26. The maximum atomic E-state index is 5.36. The van der Waals surface area contributed by atoms with E-state index in [2.05, 4.69) is 29.7 Å². The first-order valence-corrected chi connectivity index (χ1v) is 6.26. The standard InChI is InChI=1S/C14H24N2O/c1-12-5-6-14(17-3)13(11-12)7-10-16-9-4-8-15-2/h5-6,11,15-16H,4,7-10H2,1-3H3. The second-order valence-electron chi connectivity index (χ2n) is 4.27. The van der Waals surface area contributed by atoms with Crippen molar-refractivity contribution in [3.63, 3.8) is 0 Å². The van der Waals surface area contributed by atoms with Crippen LogP contribution in [0.25, 0.3) is 0 Å². The number of nitrogens with one attached hydrogen (secondary N) is 2. The summed E-state index contributed by atoms with van der Waals surface area (Å²) in [4.78, 5) is 0. The summed E-state index contributed by atoms with van der Waals surface area (Å²) in [6.45, 7) is 5.25. The van der Waals surface area contributed by atoms with E-state index in [-0.39, 0.29) is 0 Å². The van der Waals surface area contributed by atoms with Crippen LogP contribution in [0.1, 0.15) is 17.5 Å². The molecule has 0 aromatic heterocycles. The lowest BCUT2D eigenvalue weighted by Gasteiger charge is -2.10. The fourth-order valence-corrected chi connectivity index (χ4v) is 1.84. The molecule has 0 spiro atoms. The van der Waals surface area contributed by atoms with Crippen molar-refractivity contribution in [2.24, 2.45) is 0 Å². The van der Waals surface area contributed by atoms with Gasteiger partial charge in [0.25, 0.3) is 0 Å². The zero-order chi connectivity index (χ0) is 12.5. The van der Waals surface area contributed by atoms with Gasteiger partial charge in [-0.2, -0.15) is 0 Å². The summed E-state index contributed by atoms with van der Waals surface area (Å²) in [7, 11) is 3.71. The highest BCUT2D eigenvalue weighted by molar-refractivity contribution is 5.37. The van der Waals surface area contributed by atoms with Gasteiger partial charge in [0.05, 0.1) is 7.11 Å². The van der Waals surface area contributed by atoms with E-state index in [4.69, 9.17) is 4.74 Å². The van der Waals surface area contributed by atoms with Crippen LogP contribution in [0.5, 0.6) is 5.75 Å². The molecule has 1 rings (SSSR count). The lowest BCUT2D eigenvalue weighted by molar-refractivity contribution is 0.409. The summed E-state index contributed by atoms with van der Waals surface area (Å²) in [5, 5.41) is 6.59. The molecule has 0 amide bonds. The van der Waals surface area contributed by atoms with Crippen molar-refractivity contribution in [3.05, 3.63) is 29.3 Å². The Morgan fingerprint density at radius 1 is 1.18 bits per heavy atom. The van der Waals surface area contributed by atoms with Gasteiger partial charge < -0.3 is 15.4 Å². The molecule has 0 heterocycles. The number of hydrogen-bond donors (Lipinski definition) is 2. The molecule has 2 N–H and O–H groups in total. The molecule has 0 aliphatic heterocycles. The molecule has 0 saturated heterocycles. The molecule has 3 heteroatoms. The van der Waals surface area contributed by atoms with Crippen LogP contribution in [0.3, 0.4) is 0 Å². The normalized spacial score (nSPS) is 10.5. The van der Waals surface area contributed by atoms with Crippen LogP contribution in [0.2, 0.25) is 0 Å². The Balaban J connectivity index is 2.32. The smallest absolute Gasteiger partial charge is 0.122 e. The highest BCUT2D eigenvalue weighted by atomic mass is 16.5. The Kier molecular flexibility index (Phi) is 6.67. The maximum Gasteiger partial charge on any atom is 0.122 e. The average molecular weight is 236 g/mol. The summed E-state index contributed by atoms with van der Waals surface area (Å²) in [6, 6.07) is 6.34. The van der Waals surface area contributed by atoms with E-state index < -0.39 is 0 Å². The van der Waals surface area contributed by atoms with E-state index >= 15 is 0 Å².